The molecule has 3 aromatic rings. The Balaban J connectivity index is 1.70. The van der Waals surface area contributed by atoms with Crippen LogP contribution in [0.25, 0.3) is 5.69 Å². The molecule has 0 aliphatic carbocycles. The summed E-state index contributed by atoms with van der Waals surface area (Å²) in [6.07, 6.45) is 5.94. The van der Waals surface area contributed by atoms with Gasteiger partial charge in [-0.05, 0) is 41.1 Å². The number of nitrogens with zero attached hydrogens (tertiary/aromatic N) is 6. The lowest BCUT2D eigenvalue weighted by Gasteiger charge is -2.08. The first-order chi connectivity index (χ1) is 11.8. The van der Waals surface area contributed by atoms with Crippen molar-refractivity contribution in [1.82, 2.24) is 29.8 Å². The predicted molar refractivity (Wildman–Crippen MR) is 92.4 cm³/mol. The largest absolute Gasteiger partial charge is 0.497 e. The molecule has 0 atom stereocenters. The van der Waals surface area contributed by atoms with Crippen LogP contribution >= 0.6 is 11.8 Å². The van der Waals surface area contributed by atoms with Crippen molar-refractivity contribution in [3.63, 3.8) is 0 Å². The van der Waals surface area contributed by atoms with Crippen LogP contribution in [0.4, 0.5) is 0 Å². The topological polar surface area (TPSA) is 70.7 Å². The highest BCUT2D eigenvalue weighted by Gasteiger charge is 2.10. The van der Waals surface area contributed by atoms with Crippen molar-refractivity contribution in [3.05, 3.63) is 42.5 Å². The first kappa shape index (κ1) is 16.5. The molecule has 7 nitrogen and oxygen atoms in total. The number of rotatable bonds is 8. The van der Waals surface area contributed by atoms with Crippen LogP contribution in [-0.4, -0.2) is 36.9 Å². The van der Waals surface area contributed by atoms with Crippen molar-refractivity contribution in [2.45, 2.75) is 37.2 Å². The van der Waals surface area contributed by atoms with E-state index in [0.29, 0.717) is 5.75 Å². The predicted octanol–water partition coefficient (Wildman–Crippen LogP) is 2.96. The number of thioether (sulfide) groups is 1. The summed E-state index contributed by atoms with van der Waals surface area (Å²) in [4.78, 5) is 4.44. The Bertz CT molecular complexity index is 767. The van der Waals surface area contributed by atoms with Gasteiger partial charge in [-0.2, -0.15) is 0 Å². The van der Waals surface area contributed by atoms with E-state index in [2.05, 4.69) is 27.4 Å². The van der Waals surface area contributed by atoms with Gasteiger partial charge in [-0.25, -0.2) is 9.67 Å². The van der Waals surface area contributed by atoms with Crippen LogP contribution in [0.15, 0.2) is 41.8 Å². The molecule has 0 fully saturated rings. The van der Waals surface area contributed by atoms with E-state index >= 15 is 0 Å². The van der Waals surface area contributed by atoms with Crippen molar-refractivity contribution in [2.24, 2.45) is 0 Å². The van der Waals surface area contributed by atoms with E-state index in [1.807, 2.05) is 39.7 Å². The zero-order valence-corrected chi connectivity index (χ0v) is 14.6. The van der Waals surface area contributed by atoms with Gasteiger partial charge in [-0.15, -0.1) is 5.10 Å². The standard InChI is InChI=1S/C16H20N6OS/c1-3-4-10-22-15(18-19-20-22)12-24-16-17-9-11-21(16)13-5-7-14(23-2)8-6-13/h5-9,11H,3-4,10,12H2,1-2H3. The molecule has 8 heteroatoms. The fraction of sp³-hybridized carbons (Fsp3) is 0.375. The van der Waals surface area contributed by atoms with Crippen LogP contribution in [0, 0.1) is 0 Å². The minimum atomic E-state index is 0.684. The Labute approximate surface area is 145 Å². The van der Waals surface area contributed by atoms with Gasteiger partial charge in [0.25, 0.3) is 0 Å². The highest BCUT2D eigenvalue weighted by molar-refractivity contribution is 7.98. The second kappa shape index (κ2) is 7.96. The van der Waals surface area contributed by atoms with Crippen molar-refractivity contribution in [3.8, 4) is 11.4 Å². The molecule has 24 heavy (non-hydrogen) atoms. The Morgan fingerprint density at radius 3 is 2.79 bits per heavy atom. The van der Waals surface area contributed by atoms with E-state index in [1.165, 1.54) is 0 Å². The van der Waals surface area contributed by atoms with Gasteiger partial charge in [-0.3, -0.25) is 4.57 Å². The molecule has 2 aromatic heterocycles. The SMILES string of the molecule is CCCCn1nnnc1CSc1nccn1-c1ccc(OC)cc1. The molecule has 126 valence electrons. The van der Waals surface area contributed by atoms with Gasteiger partial charge >= 0.3 is 0 Å². The number of methoxy groups -OCH3 is 1. The van der Waals surface area contributed by atoms with Crippen LogP contribution in [0.3, 0.4) is 0 Å². The smallest absolute Gasteiger partial charge is 0.173 e. The van der Waals surface area contributed by atoms with Crippen molar-refractivity contribution in [1.29, 1.82) is 0 Å². The summed E-state index contributed by atoms with van der Waals surface area (Å²) in [6.45, 7) is 3.01. The van der Waals surface area contributed by atoms with Gasteiger partial charge in [-0.1, -0.05) is 25.1 Å². The van der Waals surface area contributed by atoms with E-state index < -0.39 is 0 Å². The maximum atomic E-state index is 5.20. The van der Waals surface area contributed by atoms with E-state index in [0.717, 1.165) is 41.8 Å². The Hall–Kier alpha value is -2.35. The summed E-state index contributed by atoms with van der Waals surface area (Å²) in [5, 5.41) is 12.9. The zero-order valence-electron chi connectivity index (χ0n) is 13.8. The number of aryl methyl sites for hydroxylation is 1. The van der Waals surface area contributed by atoms with Gasteiger partial charge in [0.15, 0.2) is 11.0 Å². The third kappa shape index (κ3) is 3.76. The van der Waals surface area contributed by atoms with Crippen LogP contribution < -0.4 is 4.74 Å². The molecule has 0 saturated carbocycles. The summed E-state index contributed by atoms with van der Waals surface area (Å²) < 4.78 is 9.12. The first-order valence-electron chi connectivity index (χ1n) is 7.87. The molecular weight excluding hydrogens is 324 g/mol. The second-order valence-electron chi connectivity index (χ2n) is 5.24. The second-order valence-corrected chi connectivity index (χ2v) is 6.18. The van der Waals surface area contributed by atoms with Crippen molar-refractivity contribution in [2.75, 3.05) is 7.11 Å². The summed E-state index contributed by atoms with van der Waals surface area (Å²) in [5.74, 6) is 2.39. The molecular formula is C16H20N6OS. The molecule has 1 aromatic carbocycles. The monoisotopic (exact) mass is 344 g/mol. The lowest BCUT2D eigenvalue weighted by atomic mass is 10.3. The van der Waals surface area contributed by atoms with Crippen LogP contribution in [-0.2, 0) is 12.3 Å². The molecule has 0 aliphatic heterocycles. The van der Waals surface area contributed by atoms with Gasteiger partial charge in [0.2, 0.25) is 0 Å². The molecule has 0 aliphatic rings. The summed E-state index contributed by atoms with van der Waals surface area (Å²) >= 11 is 1.62. The van der Waals surface area contributed by atoms with Crippen molar-refractivity contribution >= 4 is 11.8 Å². The fourth-order valence-corrected chi connectivity index (χ4v) is 3.18. The highest BCUT2D eigenvalue weighted by Crippen LogP contribution is 2.24. The van der Waals surface area contributed by atoms with Crippen LogP contribution in [0.5, 0.6) is 5.75 Å². The minimum Gasteiger partial charge on any atom is -0.497 e. The van der Waals surface area contributed by atoms with E-state index in [-0.39, 0.29) is 0 Å². The van der Waals surface area contributed by atoms with Crippen LogP contribution in [0.2, 0.25) is 0 Å². The normalized spacial score (nSPS) is 10.9. The Kier molecular flexibility index (Phi) is 5.47. The number of ether oxygens (including phenoxy) is 1. The Morgan fingerprint density at radius 1 is 1.21 bits per heavy atom. The number of benzene rings is 1. The lowest BCUT2D eigenvalue weighted by Crippen LogP contribution is -2.05. The molecule has 0 radical (unpaired) electrons. The number of tetrazole rings is 1. The molecule has 0 bridgehead atoms. The zero-order chi connectivity index (χ0) is 16.8. The number of hydrogen-bond acceptors (Lipinski definition) is 6. The summed E-state index contributed by atoms with van der Waals surface area (Å²) in [5.41, 5.74) is 1.04. The molecule has 0 N–H and O–H groups in total. The molecule has 3 rings (SSSR count). The molecule has 0 spiro atoms. The van der Waals surface area contributed by atoms with Gasteiger partial charge in [0.05, 0.1) is 12.9 Å². The molecule has 2 heterocycles. The van der Waals surface area contributed by atoms with Gasteiger partial charge in [0.1, 0.15) is 5.75 Å². The van der Waals surface area contributed by atoms with E-state index in [9.17, 15) is 0 Å². The molecule has 0 unspecified atom stereocenters. The third-order valence-corrected chi connectivity index (χ3v) is 4.58. The summed E-state index contributed by atoms with van der Waals surface area (Å²) in [7, 11) is 1.66. The van der Waals surface area contributed by atoms with E-state index in [4.69, 9.17) is 4.74 Å². The highest BCUT2D eigenvalue weighted by atomic mass is 32.2. The number of hydrogen-bond donors (Lipinski definition) is 0. The number of imidazole rings is 1. The Morgan fingerprint density at radius 2 is 2.04 bits per heavy atom. The molecule has 0 saturated heterocycles. The third-order valence-electron chi connectivity index (χ3n) is 3.62. The average molecular weight is 344 g/mol. The number of unbranched alkanes of at least 4 members (excludes halogenated alkanes) is 1. The number of aromatic nitrogens is 6. The van der Waals surface area contributed by atoms with Crippen LogP contribution in [0.1, 0.15) is 25.6 Å². The maximum Gasteiger partial charge on any atom is 0.173 e. The lowest BCUT2D eigenvalue weighted by molar-refractivity contribution is 0.414. The molecule has 0 amide bonds. The first-order valence-corrected chi connectivity index (χ1v) is 8.86. The van der Waals surface area contributed by atoms with Gasteiger partial charge in [0, 0.05) is 24.6 Å². The maximum absolute atomic E-state index is 5.20. The summed E-state index contributed by atoms with van der Waals surface area (Å²) in [6, 6.07) is 7.90. The van der Waals surface area contributed by atoms with Gasteiger partial charge < -0.3 is 4.74 Å². The van der Waals surface area contributed by atoms with E-state index in [1.54, 1.807) is 25.1 Å². The minimum absolute atomic E-state index is 0.684. The average Bonchev–Trinajstić information content (AvgIpc) is 3.27. The fourth-order valence-electron chi connectivity index (χ4n) is 2.27. The van der Waals surface area contributed by atoms with Crippen molar-refractivity contribution < 1.29 is 4.74 Å². The quantitative estimate of drug-likeness (QED) is 0.585.